The number of urea groups is 1. The average Bonchev–Trinajstić information content (AvgIpc) is 2.95. The Morgan fingerprint density at radius 3 is 2.44 bits per heavy atom. The molecule has 3 aromatic carbocycles. The van der Waals surface area contributed by atoms with Gasteiger partial charge in [0.25, 0.3) is 5.91 Å². The van der Waals surface area contributed by atoms with E-state index in [2.05, 4.69) is 10.6 Å². The highest BCUT2D eigenvalue weighted by Gasteiger charge is 2.36. The zero-order valence-corrected chi connectivity index (χ0v) is 23.8. The normalized spacial score (nSPS) is 18.1. The molecule has 0 unspecified atom stereocenters. The van der Waals surface area contributed by atoms with Crippen molar-refractivity contribution in [3.05, 3.63) is 84.2 Å². The summed E-state index contributed by atoms with van der Waals surface area (Å²) >= 11 is 0. The molecule has 0 radical (unpaired) electrons. The van der Waals surface area contributed by atoms with Crippen LogP contribution in [0.2, 0.25) is 0 Å². The van der Waals surface area contributed by atoms with E-state index in [1.807, 2.05) is 13.0 Å². The molecule has 0 saturated heterocycles. The lowest BCUT2D eigenvalue weighted by molar-refractivity contribution is 0.0389. The largest absolute Gasteiger partial charge is 0.486 e. The van der Waals surface area contributed by atoms with Gasteiger partial charge in [-0.2, -0.15) is 4.31 Å². The summed E-state index contributed by atoms with van der Waals surface area (Å²) in [5.74, 6) is -1.26. The van der Waals surface area contributed by atoms with Crippen LogP contribution in [0.3, 0.4) is 0 Å². The van der Waals surface area contributed by atoms with Crippen molar-refractivity contribution in [3.63, 3.8) is 0 Å². The number of fused-ring (bicyclic) bond motifs is 1. The molecule has 0 spiro atoms. The molecule has 3 N–H and O–H groups in total. The Hall–Kier alpha value is -4.00. The highest BCUT2D eigenvalue weighted by molar-refractivity contribution is 7.89. The number of aliphatic hydroxyl groups is 1. The number of ether oxygens (including phenoxy) is 1. The van der Waals surface area contributed by atoms with Gasteiger partial charge in [0.1, 0.15) is 11.9 Å². The van der Waals surface area contributed by atoms with Gasteiger partial charge in [0, 0.05) is 25.2 Å². The fourth-order valence-corrected chi connectivity index (χ4v) is 5.69. The summed E-state index contributed by atoms with van der Waals surface area (Å²) in [5.41, 5.74) is 0.927. The van der Waals surface area contributed by atoms with Gasteiger partial charge in [-0.1, -0.05) is 31.2 Å². The van der Waals surface area contributed by atoms with E-state index in [0.29, 0.717) is 5.69 Å². The van der Waals surface area contributed by atoms with Gasteiger partial charge in [0.2, 0.25) is 10.0 Å². The Labute approximate surface area is 238 Å². The number of aliphatic hydroxyl groups excluding tert-OH is 1. The smallest absolute Gasteiger partial charge is 0.323 e. The Morgan fingerprint density at radius 2 is 1.78 bits per heavy atom. The zero-order chi connectivity index (χ0) is 29.7. The third-order valence-electron chi connectivity index (χ3n) is 6.93. The first-order valence-electron chi connectivity index (χ1n) is 13.1. The van der Waals surface area contributed by atoms with Crippen molar-refractivity contribution in [2.45, 2.75) is 30.9 Å². The highest BCUT2D eigenvalue weighted by atomic mass is 32.2. The minimum atomic E-state index is -4.00. The topological polar surface area (TPSA) is 128 Å². The second kappa shape index (κ2) is 12.7. The van der Waals surface area contributed by atoms with E-state index in [4.69, 9.17) is 4.74 Å². The number of nitrogens with one attached hydrogen (secondary N) is 2. The van der Waals surface area contributed by atoms with Crippen molar-refractivity contribution in [2.75, 3.05) is 37.4 Å². The van der Waals surface area contributed by atoms with E-state index in [-0.39, 0.29) is 41.6 Å². The third-order valence-corrected chi connectivity index (χ3v) is 8.77. The molecular weight excluding hydrogens is 551 g/mol. The zero-order valence-electron chi connectivity index (χ0n) is 23.0. The lowest BCUT2D eigenvalue weighted by atomic mass is 9.99. The lowest BCUT2D eigenvalue weighted by Gasteiger charge is -2.38. The van der Waals surface area contributed by atoms with Crippen LogP contribution < -0.4 is 15.4 Å². The fourth-order valence-electron chi connectivity index (χ4n) is 4.50. The summed E-state index contributed by atoms with van der Waals surface area (Å²) in [6.45, 7) is 3.32. The number of carbonyl (C=O) groups is 2. The van der Waals surface area contributed by atoms with Crippen LogP contribution in [0.1, 0.15) is 24.2 Å². The number of likely N-dealkylation sites (N-methyl/N-ethyl adjacent to an activating group) is 1. The molecule has 218 valence electrons. The molecule has 0 aliphatic carbocycles. The second-order valence-electron chi connectivity index (χ2n) is 9.99. The minimum Gasteiger partial charge on any atom is -0.486 e. The van der Waals surface area contributed by atoms with Gasteiger partial charge in [0.05, 0.1) is 35.3 Å². The van der Waals surface area contributed by atoms with Crippen molar-refractivity contribution in [3.8, 4) is 5.75 Å². The predicted molar refractivity (Wildman–Crippen MR) is 153 cm³/mol. The number of para-hydroxylation sites is 2. The number of hydrogen-bond donors (Lipinski definition) is 3. The maximum Gasteiger partial charge on any atom is 0.323 e. The van der Waals surface area contributed by atoms with Gasteiger partial charge in [-0.05, 0) is 55.5 Å². The van der Waals surface area contributed by atoms with E-state index in [9.17, 15) is 27.5 Å². The first-order chi connectivity index (χ1) is 19.5. The lowest BCUT2D eigenvalue weighted by Crippen LogP contribution is -2.50. The molecular formula is C29H33FN4O6S. The van der Waals surface area contributed by atoms with Gasteiger partial charge in [0.15, 0.2) is 5.75 Å². The summed E-state index contributed by atoms with van der Waals surface area (Å²) in [5, 5.41) is 15.3. The Bertz CT molecular complexity index is 1490. The molecule has 1 aliphatic heterocycles. The molecule has 3 amide bonds. The minimum absolute atomic E-state index is 0.0778. The van der Waals surface area contributed by atoms with Gasteiger partial charge in [-0.3, -0.25) is 4.79 Å². The number of nitrogens with zero attached hydrogens (tertiary/aromatic N) is 2. The molecule has 3 aromatic rings. The van der Waals surface area contributed by atoms with Gasteiger partial charge in [-0.25, -0.2) is 17.6 Å². The number of amides is 3. The molecule has 1 heterocycles. The van der Waals surface area contributed by atoms with Crippen LogP contribution in [0.15, 0.2) is 77.7 Å². The van der Waals surface area contributed by atoms with Crippen LogP contribution in [0.5, 0.6) is 5.75 Å². The molecule has 41 heavy (non-hydrogen) atoms. The first-order valence-corrected chi connectivity index (χ1v) is 14.5. The van der Waals surface area contributed by atoms with Crippen molar-refractivity contribution in [1.82, 2.24) is 9.21 Å². The molecule has 1 aliphatic rings. The third kappa shape index (κ3) is 6.84. The second-order valence-corrected chi connectivity index (χ2v) is 12.0. The van der Waals surface area contributed by atoms with Crippen LogP contribution in [0, 0.1) is 11.7 Å². The maximum absolute atomic E-state index is 13.6. The summed E-state index contributed by atoms with van der Waals surface area (Å²) in [4.78, 5) is 27.9. The molecule has 0 bridgehead atoms. The van der Waals surface area contributed by atoms with Gasteiger partial charge in [-0.15, -0.1) is 0 Å². The molecule has 0 fully saturated rings. The molecule has 12 heteroatoms. The van der Waals surface area contributed by atoms with Crippen LogP contribution in [-0.4, -0.2) is 73.6 Å². The van der Waals surface area contributed by atoms with Crippen LogP contribution in [-0.2, 0) is 10.0 Å². The standard InChI is InChI=1S/C29H33FN4O6S/c1-19-16-34(20(2)18-35)28(36)24-10-7-11-25(32-29(37)31-22-8-5-4-6-9-22)27(24)40-26(19)17-33(3)41(38,39)23-14-12-21(30)13-15-23/h4-15,19-20,26,35H,16-18H2,1-3H3,(H2,31,32,37)/t19-,20+,26-/m1/s1. The summed E-state index contributed by atoms with van der Waals surface area (Å²) in [6.07, 6.45) is -0.768. The van der Waals surface area contributed by atoms with E-state index >= 15 is 0 Å². The van der Waals surface area contributed by atoms with Crippen LogP contribution >= 0.6 is 0 Å². The molecule has 0 saturated carbocycles. The number of sulfonamides is 1. The fraction of sp³-hybridized carbons (Fsp3) is 0.310. The monoisotopic (exact) mass is 584 g/mol. The Kier molecular flexibility index (Phi) is 9.26. The Morgan fingerprint density at radius 1 is 1.10 bits per heavy atom. The number of halogens is 1. The van der Waals surface area contributed by atoms with Crippen molar-refractivity contribution in [2.24, 2.45) is 5.92 Å². The maximum atomic E-state index is 13.6. The quantitative estimate of drug-likeness (QED) is 0.367. The number of benzene rings is 3. The Balaban J connectivity index is 1.68. The van der Waals surface area contributed by atoms with E-state index < -0.39 is 45.8 Å². The molecule has 4 rings (SSSR count). The van der Waals surface area contributed by atoms with Crippen LogP contribution in [0.25, 0.3) is 0 Å². The van der Waals surface area contributed by atoms with Gasteiger partial charge >= 0.3 is 6.03 Å². The molecule has 0 aromatic heterocycles. The van der Waals surface area contributed by atoms with E-state index in [1.54, 1.807) is 49.4 Å². The highest BCUT2D eigenvalue weighted by Crippen LogP contribution is 2.35. The van der Waals surface area contributed by atoms with E-state index in [1.165, 1.54) is 24.1 Å². The van der Waals surface area contributed by atoms with Crippen molar-refractivity contribution < 1.29 is 32.2 Å². The molecule has 10 nitrogen and oxygen atoms in total. The summed E-state index contributed by atoms with van der Waals surface area (Å²) in [6, 6.07) is 17.0. The van der Waals surface area contributed by atoms with Gasteiger partial charge < -0.3 is 25.4 Å². The number of hydrogen-bond acceptors (Lipinski definition) is 6. The average molecular weight is 585 g/mol. The number of rotatable bonds is 8. The summed E-state index contributed by atoms with van der Waals surface area (Å²) < 4.78 is 47.4. The van der Waals surface area contributed by atoms with Crippen molar-refractivity contribution in [1.29, 1.82) is 0 Å². The number of anilines is 2. The SMILES string of the molecule is C[C@@H]1CN([C@@H](C)CO)C(=O)c2cccc(NC(=O)Nc3ccccc3)c2O[C@@H]1CN(C)S(=O)(=O)c1ccc(F)cc1. The van der Waals surface area contributed by atoms with Crippen molar-refractivity contribution >= 4 is 33.3 Å². The van der Waals surface area contributed by atoms with E-state index in [0.717, 1.165) is 16.4 Å². The summed E-state index contributed by atoms with van der Waals surface area (Å²) in [7, 11) is -2.61. The number of carbonyl (C=O) groups excluding carboxylic acids is 2. The van der Waals surface area contributed by atoms with Crippen LogP contribution in [0.4, 0.5) is 20.6 Å². The predicted octanol–water partition coefficient (Wildman–Crippen LogP) is 4.01. The first kappa shape index (κ1) is 30.0. The molecule has 3 atom stereocenters.